The Morgan fingerprint density at radius 2 is 1.75 bits per heavy atom. The minimum atomic E-state index is -1.06. The van der Waals surface area contributed by atoms with Gasteiger partial charge in [0.1, 0.15) is 19.3 Å². The Morgan fingerprint density at radius 1 is 1.08 bits per heavy atom. The van der Waals surface area contributed by atoms with Crippen LogP contribution in [-0.4, -0.2) is 48.9 Å². The van der Waals surface area contributed by atoms with Crippen molar-refractivity contribution in [2.24, 2.45) is 5.92 Å². The summed E-state index contributed by atoms with van der Waals surface area (Å²) in [6, 6.07) is 0. The van der Waals surface area contributed by atoms with Gasteiger partial charge in [-0.05, 0) is 25.7 Å². The molecule has 0 radical (unpaired) electrons. The summed E-state index contributed by atoms with van der Waals surface area (Å²) in [5.74, 6) is -1.35. The normalized spacial score (nSPS) is 12.8. The van der Waals surface area contributed by atoms with Crippen LogP contribution in [0.3, 0.4) is 0 Å². The molecule has 0 aliphatic carbocycles. The number of hydrogen-bond acceptors (Lipinski definition) is 7. The van der Waals surface area contributed by atoms with Gasteiger partial charge in [0.25, 0.3) is 0 Å². The minimum absolute atomic E-state index is 0.0860. The van der Waals surface area contributed by atoms with Crippen LogP contribution in [0.2, 0.25) is 0 Å². The van der Waals surface area contributed by atoms with E-state index in [1.807, 2.05) is 13.8 Å². The second-order valence-electron chi connectivity index (χ2n) is 5.46. The standard InChI is InChI=1S/C17H28O7/c1-4-13(3)17(21)22-10-8-6-7-9-16(20)24-12-14(18)11-23-15(19)5-2/h5,13-14,18H,2,4,6-12H2,1,3H3. The van der Waals surface area contributed by atoms with Gasteiger partial charge >= 0.3 is 17.9 Å². The highest BCUT2D eigenvalue weighted by molar-refractivity contribution is 5.81. The molecule has 0 aromatic carbocycles. The molecular formula is C17H28O7. The molecule has 0 spiro atoms. The van der Waals surface area contributed by atoms with Crippen molar-refractivity contribution in [2.45, 2.75) is 52.1 Å². The van der Waals surface area contributed by atoms with Gasteiger partial charge in [-0.25, -0.2) is 4.79 Å². The van der Waals surface area contributed by atoms with Gasteiger partial charge in [0.05, 0.1) is 12.5 Å². The lowest BCUT2D eigenvalue weighted by Gasteiger charge is -2.11. The van der Waals surface area contributed by atoms with Crippen LogP contribution in [-0.2, 0) is 28.6 Å². The zero-order valence-corrected chi connectivity index (χ0v) is 14.5. The van der Waals surface area contributed by atoms with Crippen molar-refractivity contribution < 1.29 is 33.7 Å². The summed E-state index contributed by atoms with van der Waals surface area (Å²) in [7, 11) is 0. The zero-order chi connectivity index (χ0) is 18.4. The van der Waals surface area contributed by atoms with Gasteiger partial charge in [-0.2, -0.15) is 0 Å². The smallest absolute Gasteiger partial charge is 0.330 e. The van der Waals surface area contributed by atoms with Crippen LogP contribution in [0.5, 0.6) is 0 Å². The van der Waals surface area contributed by atoms with Crippen molar-refractivity contribution in [3.05, 3.63) is 12.7 Å². The Kier molecular flexibility index (Phi) is 12.5. The van der Waals surface area contributed by atoms with Gasteiger partial charge in [0.15, 0.2) is 0 Å². The zero-order valence-electron chi connectivity index (χ0n) is 14.5. The molecule has 0 amide bonds. The Hall–Kier alpha value is -1.89. The molecule has 2 unspecified atom stereocenters. The highest BCUT2D eigenvalue weighted by Crippen LogP contribution is 2.06. The molecule has 0 rings (SSSR count). The first kappa shape index (κ1) is 22.1. The van der Waals surface area contributed by atoms with Crippen molar-refractivity contribution in [1.82, 2.24) is 0 Å². The first-order valence-corrected chi connectivity index (χ1v) is 8.20. The van der Waals surface area contributed by atoms with E-state index in [-0.39, 0.29) is 31.5 Å². The van der Waals surface area contributed by atoms with Crippen LogP contribution in [0.4, 0.5) is 0 Å². The average molecular weight is 344 g/mol. The van der Waals surface area contributed by atoms with Gasteiger partial charge in [-0.3, -0.25) is 9.59 Å². The third-order valence-corrected chi connectivity index (χ3v) is 3.31. The Balaban J connectivity index is 3.57. The van der Waals surface area contributed by atoms with Crippen LogP contribution in [0.25, 0.3) is 0 Å². The van der Waals surface area contributed by atoms with E-state index in [0.29, 0.717) is 19.4 Å². The van der Waals surface area contributed by atoms with Crippen molar-refractivity contribution in [3.63, 3.8) is 0 Å². The molecule has 138 valence electrons. The number of hydrogen-bond donors (Lipinski definition) is 1. The molecule has 24 heavy (non-hydrogen) atoms. The third kappa shape index (κ3) is 11.6. The van der Waals surface area contributed by atoms with Crippen LogP contribution in [0, 0.1) is 5.92 Å². The Morgan fingerprint density at radius 3 is 2.38 bits per heavy atom. The molecule has 0 fully saturated rings. The molecule has 1 N–H and O–H groups in total. The SMILES string of the molecule is C=CC(=O)OCC(O)COC(=O)CCCCCOC(=O)C(C)CC. The van der Waals surface area contributed by atoms with Crippen LogP contribution >= 0.6 is 0 Å². The maximum atomic E-state index is 11.5. The lowest BCUT2D eigenvalue weighted by atomic mass is 10.1. The second-order valence-corrected chi connectivity index (χ2v) is 5.46. The van der Waals surface area contributed by atoms with Crippen LogP contribution < -0.4 is 0 Å². The number of ether oxygens (including phenoxy) is 3. The summed E-state index contributed by atoms with van der Waals surface area (Å²) >= 11 is 0. The largest absolute Gasteiger partial charge is 0.465 e. The summed E-state index contributed by atoms with van der Waals surface area (Å²) < 4.78 is 14.6. The van der Waals surface area contributed by atoms with E-state index in [9.17, 15) is 19.5 Å². The molecule has 2 atom stereocenters. The number of carbonyl (C=O) groups excluding carboxylic acids is 3. The van der Waals surface area contributed by atoms with Crippen molar-refractivity contribution >= 4 is 17.9 Å². The number of aliphatic hydroxyl groups is 1. The van der Waals surface area contributed by atoms with Gasteiger partial charge in [-0.15, -0.1) is 0 Å². The van der Waals surface area contributed by atoms with E-state index in [0.717, 1.165) is 18.9 Å². The molecule has 0 aromatic rings. The van der Waals surface area contributed by atoms with E-state index in [1.54, 1.807) is 0 Å². The summed E-state index contributed by atoms with van der Waals surface area (Å²) in [6.45, 7) is 6.85. The third-order valence-electron chi connectivity index (χ3n) is 3.31. The predicted octanol–water partition coefficient (Wildman–Crippen LogP) is 1.77. The predicted molar refractivity (Wildman–Crippen MR) is 87.0 cm³/mol. The summed E-state index contributed by atoms with van der Waals surface area (Å²) in [5.41, 5.74) is 0. The van der Waals surface area contributed by atoms with Gasteiger partial charge in [0.2, 0.25) is 0 Å². The van der Waals surface area contributed by atoms with Crippen molar-refractivity contribution in [2.75, 3.05) is 19.8 Å². The fourth-order valence-corrected chi connectivity index (χ4v) is 1.58. The van der Waals surface area contributed by atoms with Crippen LogP contribution in [0.15, 0.2) is 12.7 Å². The molecule has 0 saturated carbocycles. The molecule has 0 aliphatic heterocycles. The highest BCUT2D eigenvalue weighted by atomic mass is 16.6. The first-order valence-electron chi connectivity index (χ1n) is 8.20. The van der Waals surface area contributed by atoms with Gasteiger partial charge in [-0.1, -0.05) is 20.4 Å². The summed E-state index contributed by atoms with van der Waals surface area (Å²) in [4.78, 5) is 33.7. The molecule has 0 aliphatic rings. The maximum absolute atomic E-state index is 11.5. The van der Waals surface area contributed by atoms with Crippen molar-refractivity contribution in [1.29, 1.82) is 0 Å². The molecule has 0 heterocycles. The number of esters is 3. The summed E-state index contributed by atoms with van der Waals surface area (Å²) in [5, 5.41) is 9.46. The maximum Gasteiger partial charge on any atom is 0.330 e. The number of unbranched alkanes of at least 4 members (excludes halogenated alkanes) is 2. The fourth-order valence-electron chi connectivity index (χ4n) is 1.58. The highest BCUT2D eigenvalue weighted by Gasteiger charge is 2.12. The number of rotatable bonds is 13. The van der Waals surface area contributed by atoms with Gasteiger partial charge < -0.3 is 19.3 Å². The molecular weight excluding hydrogens is 316 g/mol. The molecule has 0 aromatic heterocycles. The Labute approximate surface area is 143 Å². The monoisotopic (exact) mass is 344 g/mol. The average Bonchev–Trinajstić information content (AvgIpc) is 2.59. The second kappa shape index (κ2) is 13.5. The minimum Gasteiger partial charge on any atom is -0.465 e. The number of carbonyl (C=O) groups is 3. The van der Waals surface area contributed by atoms with E-state index >= 15 is 0 Å². The summed E-state index contributed by atoms with van der Waals surface area (Å²) in [6.07, 6.45) is 2.94. The lowest BCUT2D eigenvalue weighted by molar-refractivity contribution is -0.151. The van der Waals surface area contributed by atoms with E-state index in [4.69, 9.17) is 9.47 Å². The van der Waals surface area contributed by atoms with E-state index in [2.05, 4.69) is 11.3 Å². The molecule has 7 nitrogen and oxygen atoms in total. The molecule has 0 bridgehead atoms. The Bertz CT molecular complexity index is 406. The van der Waals surface area contributed by atoms with Crippen molar-refractivity contribution in [3.8, 4) is 0 Å². The fraction of sp³-hybridized carbons (Fsp3) is 0.706. The van der Waals surface area contributed by atoms with Gasteiger partial charge in [0, 0.05) is 12.5 Å². The molecule has 0 saturated heterocycles. The van der Waals surface area contributed by atoms with E-state index in [1.165, 1.54) is 0 Å². The quantitative estimate of drug-likeness (QED) is 0.235. The first-order chi connectivity index (χ1) is 11.4. The lowest BCUT2D eigenvalue weighted by Crippen LogP contribution is -2.24. The molecule has 7 heteroatoms. The topological polar surface area (TPSA) is 99.1 Å². The van der Waals surface area contributed by atoms with E-state index < -0.39 is 18.0 Å². The number of aliphatic hydroxyl groups excluding tert-OH is 1. The van der Waals surface area contributed by atoms with Crippen LogP contribution in [0.1, 0.15) is 46.0 Å².